The Morgan fingerprint density at radius 1 is 1.33 bits per heavy atom. The first-order valence-corrected chi connectivity index (χ1v) is 8.16. The zero-order chi connectivity index (χ0) is 15.2. The minimum absolute atomic E-state index is 0.504. The molecule has 3 nitrogen and oxygen atoms in total. The molecule has 0 saturated heterocycles. The molecule has 2 atom stereocenters. The third-order valence-corrected chi connectivity index (χ3v) is 4.76. The highest BCUT2D eigenvalue weighted by Crippen LogP contribution is 2.35. The molecule has 2 unspecified atom stereocenters. The molecule has 1 aromatic rings. The number of nitrogens with zero attached hydrogens (tertiary/aromatic N) is 1. The smallest absolute Gasteiger partial charge is 0.0816 e. The van der Waals surface area contributed by atoms with E-state index >= 15 is 0 Å². The van der Waals surface area contributed by atoms with Gasteiger partial charge in [0, 0.05) is 31.3 Å². The Hall–Kier alpha value is -0.610. The van der Waals surface area contributed by atoms with Crippen molar-refractivity contribution in [2.75, 3.05) is 26.8 Å². The summed E-state index contributed by atoms with van der Waals surface area (Å²) in [7, 11) is 1.73. The SMILES string of the molecule is COCCN(CCC(O)c1ccccc1Cl)C(C)C1CC1. The van der Waals surface area contributed by atoms with E-state index in [4.69, 9.17) is 16.3 Å². The van der Waals surface area contributed by atoms with Gasteiger partial charge in [-0.05, 0) is 43.7 Å². The van der Waals surface area contributed by atoms with Gasteiger partial charge in [-0.2, -0.15) is 0 Å². The summed E-state index contributed by atoms with van der Waals surface area (Å²) in [5, 5.41) is 11.0. The molecule has 21 heavy (non-hydrogen) atoms. The molecule has 1 aliphatic rings. The molecule has 0 spiro atoms. The topological polar surface area (TPSA) is 32.7 Å². The highest BCUT2D eigenvalue weighted by Gasteiger charge is 2.31. The van der Waals surface area contributed by atoms with Gasteiger partial charge >= 0.3 is 0 Å². The van der Waals surface area contributed by atoms with E-state index in [-0.39, 0.29) is 0 Å². The molecule has 0 aromatic heterocycles. The van der Waals surface area contributed by atoms with E-state index in [1.165, 1.54) is 12.8 Å². The second-order valence-corrected chi connectivity index (χ2v) is 6.34. The molecule has 1 fully saturated rings. The molecule has 2 rings (SSSR count). The van der Waals surface area contributed by atoms with Crippen molar-refractivity contribution < 1.29 is 9.84 Å². The summed E-state index contributed by atoms with van der Waals surface area (Å²) in [5.41, 5.74) is 0.824. The summed E-state index contributed by atoms with van der Waals surface area (Å²) in [6, 6.07) is 8.10. The fraction of sp³-hybridized carbons (Fsp3) is 0.647. The van der Waals surface area contributed by atoms with Crippen molar-refractivity contribution in [3.05, 3.63) is 34.9 Å². The van der Waals surface area contributed by atoms with Crippen LogP contribution in [-0.4, -0.2) is 42.9 Å². The van der Waals surface area contributed by atoms with Crippen molar-refractivity contribution in [2.24, 2.45) is 5.92 Å². The van der Waals surface area contributed by atoms with E-state index in [9.17, 15) is 5.11 Å². The van der Waals surface area contributed by atoms with Gasteiger partial charge in [0.15, 0.2) is 0 Å². The quantitative estimate of drug-likeness (QED) is 0.757. The van der Waals surface area contributed by atoms with Crippen LogP contribution in [0.4, 0.5) is 0 Å². The Balaban J connectivity index is 1.89. The monoisotopic (exact) mass is 311 g/mol. The molecule has 1 aromatic carbocycles. The Labute approximate surface area is 132 Å². The van der Waals surface area contributed by atoms with Crippen molar-refractivity contribution in [2.45, 2.75) is 38.3 Å². The third kappa shape index (κ3) is 4.96. The van der Waals surface area contributed by atoms with Gasteiger partial charge in [-0.1, -0.05) is 29.8 Å². The minimum atomic E-state index is -0.504. The predicted molar refractivity (Wildman–Crippen MR) is 86.7 cm³/mol. The number of methoxy groups -OCH3 is 1. The lowest BCUT2D eigenvalue weighted by Gasteiger charge is -2.30. The van der Waals surface area contributed by atoms with Crippen LogP contribution in [0.5, 0.6) is 0 Å². The highest BCUT2D eigenvalue weighted by atomic mass is 35.5. The van der Waals surface area contributed by atoms with Gasteiger partial charge in [0.1, 0.15) is 0 Å². The van der Waals surface area contributed by atoms with Gasteiger partial charge in [-0.3, -0.25) is 4.90 Å². The maximum Gasteiger partial charge on any atom is 0.0816 e. The Morgan fingerprint density at radius 3 is 2.67 bits per heavy atom. The van der Waals surface area contributed by atoms with Crippen LogP contribution in [0.1, 0.15) is 37.9 Å². The molecule has 118 valence electrons. The van der Waals surface area contributed by atoms with E-state index in [0.29, 0.717) is 17.5 Å². The van der Waals surface area contributed by atoms with Gasteiger partial charge in [0.2, 0.25) is 0 Å². The van der Waals surface area contributed by atoms with Crippen LogP contribution in [-0.2, 0) is 4.74 Å². The first-order valence-electron chi connectivity index (χ1n) is 7.79. The van der Waals surface area contributed by atoms with Crippen LogP contribution in [0.3, 0.4) is 0 Å². The summed E-state index contributed by atoms with van der Waals surface area (Å²) in [4.78, 5) is 2.43. The normalized spacial score (nSPS) is 18.0. The second-order valence-electron chi connectivity index (χ2n) is 5.93. The van der Waals surface area contributed by atoms with Gasteiger partial charge in [-0.25, -0.2) is 0 Å². The predicted octanol–water partition coefficient (Wildman–Crippen LogP) is 3.51. The van der Waals surface area contributed by atoms with Gasteiger partial charge in [-0.15, -0.1) is 0 Å². The van der Waals surface area contributed by atoms with Crippen LogP contribution in [0, 0.1) is 5.92 Å². The summed E-state index contributed by atoms with van der Waals surface area (Å²) in [6.07, 6.45) is 2.86. The van der Waals surface area contributed by atoms with Gasteiger partial charge in [0.05, 0.1) is 12.7 Å². The number of aliphatic hydroxyl groups is 1. The van der Waals surface area contributed by atoms with Crippen molar-refractivity contribution in [3.63, 3.8) is 0 Å². The first kappa shape index (κ1) is 16.8. The molecule has 0 amide bonds. The number of hydrogen-bond acceptors (Lipinski definition) is 3. The summed E-state index contributed by atoms with van der Waals surface area (Å²) in [5.74, 6) is 0.819. The van der Waals surface area contributed by atoms with E-state index < -0.39 is 6.10 Å². The number of ether oxygens (including phenoxy) is 1. The molecule has 1 saturated carbocycles. The Bertz CT molecular complexity index is 437. The third-order valence-electron chi connectivity index (χ3n) is 4.42. The average molecular weight is 312 g/mol. The Kier molecular flexibility index (Phi) is 6.49. The summed E-state index contributed by atoms with van der Waals surface area (Å²) < 4.78 is 5.21. The molecular weight excluding hydrogens is 286 g/mol. The van der Waals surface area contributed by atoms with Crippen LogP contribution < -0.4 is 0 Å². The van der Waals surface area contributed by atoms with E-state index in [1.54, 1.807) is 7.11 Å². The maximum atomic E-state index is 10.4. The van der Waals surface area contributed by atoms with Crippen LogP contribution in [0.25, 0.3) is 0 Å². The molecule has 1 aliphatic carbocycles. The molecule has 0 heterocycles. The largest absolute Gasteiger partial charge is 0.388 e. The molecule has 0 bridgehead atoms. The number of halogens is 1. The number of hydrogen-bond donors (Lipinski definition) is 1. The van der Waals surface area contributed by atoms with Crippen molar-refractivity contribution >= 4 is 11.6 Å². The summed E-state index contributed by atoms with van der Waals surface area (Å²) in [6.45, 7) is 4.81. The highest BCUT2D eigenvalue weighted by molar-refractivity contribution is 6.31. The number of aliphatic hydroxyl groups excluding tert-OH is 1. The zero-order valence-electron chi connectivity index (χ0n) is 13.0. The zero-order valence-corrected chi connectivity index (χ0v) is 13.7. The van der Waals surface area contributed by atoms with Crippen LogP contribution in [0.2, 0.25) is 5.02 Å². The molecule has 0 radical (unpaired) electrons. The lowest BCUT2D eigenvalue weighted by atomic mass is 10.1. The van der Waals surface area contributed by atoms with Crippen molar-refractivity contribution in [3.8, 4) is 0 Å². The number of benzene rings is 1. The van der Waals surface area contributed by atoms with E-state index in [0.717, 1.165) is 31.2 Å². The minimum Gasteiger partial charge on any atom is -0.388 e. The fourth-order valence-corrected chi connectivity index (χ4v) is 3.06. The van der Waals surface area contributed by atoms with Crippen LogP contribution in [0.15, 0.2) is 24.3 Å². The summed E-state index contributed by atoms with van der Waals surface area (Å²) >= 11 is 6.15. The Morgan fingerprint density at radius 2 is 2.05 bits per heavy atom. The van der Waals surface area contributed by atoms with Crippen LogP contribution >= 0.6 is 11.6 Å². The van der Waals surface area contributed by atoms with Crippen molar-refractivity contribution in [1.29, 1.82) is 0 Å². The average Bonchev–Trinajstić information content (AvgIpc) is 3.31. The first-order chi connectivity index (χ1) is 10.1. The van der Waals surface area contributed by atoms with Gasteiger partial charge in [0.25, 0.3) is 0 Å². The second kappa shape index (κ2) is 8.14. The van der Waals surface area contributed by atoms with E-state index in [1.807, 2.05) is 24.3 Å². The molecule has 4 heteroatoms. The standard InChI is InChI=1S/C17H26ClNO2/c1-13(14-7-8-14)19(11-12-21-2)10-9-17(20)15-5-3-4-6-16(15)18/h3-6,13-14,17,20H,7-12H2,1-2H3. The lowest BCUT2D eigenvalue weighted by Crippen LogP contribution is -2.38. The molecule has 1 N–H and O–H groups in total. The van der Waals surface area contributed by atoms with Crippen molar-refractivity contribution in [1.82, 2.24) is 4.90 Å². The maximum absolute atomic E-state index is 10.4. The lowest BCUT2D eigenvalue weighted by molar-refractivity contribution is 0.0917. The molecular formula is C17H26ClNO2. The fourth-order valence-electron chi connectivity index (χ4n) is 2.79. The van der Waals surface area contributed by atoms with Gasteiger partial charge < -0.3 is 9.84 Å². The number of rotatable bonds is 9. The van der Waals surface area contributed by atoms with E-state index in [2.05, 4.69) is 11.8 Å². The molecule has 0 aliphatic heterocycles.